The molecule has 19 heavy (non-hydrogen) atoms. The molecule has 0 radical (unpaired) electrons. The number of nitro benzene ring substituents is 1. The molecule has 2 rings (SSSR count). The molecule has 0 spiro atoms. The molecule has 2 aromatic rings. The molecule has 96 valence electrons. The van der Waals surface area contributed by atoms with Crippen molar-refractivity contribution >= 4 is 11.4 Å². The van der Waals surface area contributed by atoms with Crippen LogP contribution in [0.4, 0.5) is 11.4 Å². The molecule has 1 aromatic carbocycles. The molecular weight excluding hydrogens is 248 g/mol. The van der Waals surface area contributed by atoms with Gasteiger partial charge in [-0.25, -0.2) is 0 Å². The van der Waals surface area contributed by atoms with Gasteiger partial charge in [-0.3, -0.25) is 14.8 Å². The molecule has 0 atom stereocenters. The van der Waals surface area contributed by atoms with Gasteiger partial charge in [-0.15, -0.1) is 5.10 Å². The van der Waals surface area contributed by atoms with Crippen LogP contribution in [0.2, 0.25) is 0 Å². The van der Waals surface area contributed by atoms with Crippen molar-refractivity contribution in [2.24, 2.45) is 7.05 Å². The standard InChI is InChI=1S/C11H10N6O2/c1-16-9(7-14-15-16)6-13-10-3-2-8(5-12)4-11(10)17(18)19/h2-4,7,13H,6H2,1H3. The number of nitro groups is 1. The maximum Gasteiger partial charge on any atom is 0.293 e. The Bertz CT molecular complexity index is 657. The van der Waals surface area contributed by atoms with Crippen LogP contribution < -0.4 is 5.32 Å². The third kappa shape index (κ3) is 2.66. The molecule has 0 fully saturated rings. The average molecular weight is 258 g/mol. The lowest BCUT2D eigenvalue weighted by Gasteiger charge is -2.06. The number of aromatic nitrogens is 3. The Hall–Kier alpha value is -2.95. The van der Waals surface area contributed by atoms with Crippen LogP contribution in [0.15, 0.2) is 24.4 Å². The van der Waals surface area contributed by atoms with Crippen molar-refractivity contribution in [1.29, 1.82) is 5.26 Å². The van der Waals surface area contributed by atoms with E-state index in [1.165, 1.54) is 18.2 Å². The second kappa shape index (κ2) is 5.14. The minimum absolute atomic E-state index is 0.130. The van der Waals surface area contributed by atoms with E-state index >= 15 is 0 Å². The summed E-state index contributed by atoms with van der Waals surface area (Å²) in [5.41, 5.74) is 1.26. The van der Waals surface area contributed by atoms with Crippen LogP contribution in [0.1, 0.15) is 11.3 Å². The highest BCUT2D eigenvalue weighted by molar-refractivity contribution is 5.64. The Kier molecular flexibility index (Phi) is 3.38. The molecule has 1 N–H and O–H groups in total. The molecule has 8 nitrogen and oxygen atoms in total. The highest BCUT2D eigenvalue weighted by Crippen LogP contribution is 2.25. The normalized spacial score (nSPS) is 9.89. The van der Waals surface area contributed by atoms with Gasteiger partial charge in [0, 0.05) is 13.1 Å². The molecule has 8 heteroatoms. The maximum absolute atomic E-state index is 10.9. The van der Waals surface area contributed by atoms with Gasteiger partial charge in [0.25, 0.3) is 5.69 Å². The van der Waals surface area contributed by atoms with E-state index in [1.807, 2.05) is 6.07 Å². The van der Waals surface area contributed by atoms with Crippen molar-refractivity contribution in [2.45, 2.75) is 6.54 Å². The van der Waals surface area contributed by atoms with E-state index in [-0.39, 0.29) is 11.3 Å². The van der Waals surface area contributed by atoms with Gasteiger partial charge in [-0.1, -0.05) is 5.21 Å². The van der Waals surface area contributed by atoms with E-state index in [0.717, 1.165) is 5.69 Å². The summed E-state index contributed by atoms with van der Waals surface area (Å²) < 4.78 is 1.57. The van der Waals surface area contributed by atoms with E-state index in [4.69, 9.17) is 5.26 Å². The SMILES string of the molecule is Cn1nncc1CNc1ccc(C#N)cc1[N+](=O)[O-]. The van der Waals surface area contributed by atoms with Gasteiger partial charge < -0.3 is 5.32 Å². The summed E-state index contributed by atoms with van der Waals surface area (Å²) in [6.45, 7) is 0.357. The third-order valence-electron chi connectivity index (χ3n) is 2.59. The van der Waals surface area contributed by atoms with Crippen molar-refractivity contribution in [3.63, 3.8) is 0 Å². The number of nitriles is 1. The summed E-state index contributed by atoms with van der Waals surface area (Å²) in [7, 11) is 1.73. The van der Waals surface area contributed by atoms with E-state index in [2.05, 4.69) is 15.6 Å². The largest absolute Gasteiger partial charge is 0.374 e. The molecule has 0 aliphatic heterocycles. The zero-order valence-electron chi connectivity index (χ0n) is 10.1. The Morgan fingerprint density at radius 2 is 2.37 bits per heavy atom. The lowest BCUT2D eigenvalue weighted by Crippen LogP contribution is -2.07. The number of hydrogen-bond donors (Lipinski definition) is 1. The van der Waals surface area contributed by atoms with Gasteiger partial charge >= 0.3 is 0 Å². The van der Waals surface area contributed by atoms with Crippen molar-refractivity contribution in [1.82, 2.24) is 15.0 Å². The van der Waals surface area contributed by atoms with E-state index < -0.39 is 4.92 Å². The summed E-state index contributed by atoms with van der Waals surface area (Å²) in [6.07, 6.45) is 1.57. The first-order valence-corrected chi connectivity index (χ1v) is 5.38. The highest BCUT2D eigenvalue weighted by atomic mass is 16.6. The van der Waals surface area contributed by atoms with Gasteiger partial charge in [-0.05, 0) is 12.1 Å². The quantitative estimate of drug-likeness (QED) is 0.651. The first-order valence-electron chi connectivity index (χ1n) is 5.38. The smallest absolute Gasteiger partial charge is 0.293 e. The molecule has 0 unspecified atom stereocenters. The molecule has 0 amide bonds. The number of anilines is 1. The predicted octanol–water partition coefficient (Wildman–Crippen LogP) is 1.21. The van der Waals surface area contributed by atoms with Crippen molar-refractivity contribution in [2.75, 3.05) is 5.32 Å². The number of nitrogens with zero attached hydrogens (tertiary/aromatic N) is 5. The molecule has 1 aromatic heterocycles. The number of rotatable bonds is 4. The summed E-state index contributed by atoms with van der Waals surface area (Å²) in [4.78, 5) is 10.4. The maximum atomic E-state index is 10.9. The second-order valence-electron chi connectivity index (χ2n) is 3.80. The van der Waals surface area contributed by atoms with Gasteiger partial charge in [0.2, 0.25) is 0 Å². The number of benzene rings is 1. The molecule has 1 heterocycles. The summed E-state index contributed by atoms with van der Waals surface area (Å²) in [5.74, 6) is 0. The molecule has 0 saturated carbocycles. The fraction of sp³-hybridized carbons (Fsp3) is 0.182. The summed E-state index contributed by atoms with van der Waals surface area (Å²) in [5, 5.41) is 30.1. The zero-order valence-corrected chi connectivity index (χ0v) is 10.1. The number of hydrogen-bond acceptors (Lipinski definition) is 6. The molecule has 0 aliphatic carbocycles. The van der Waals surface area contributed by atoms with Crippen LogP contribution in [0.25, 0.3) is 0 Å². The molecule has 0 bridgehead atoms. The van der Waals surface area contributed by atoms with Crippen LogP contribution in [0, 0.1) is 21.4 Å². The summed E-state index contributed by atoms with van der Waals surface area (Å²) >= 11 is 0. The van der Waals surface area contributed by atoms with Crippen LogP contribution >= 0.6 is 0 Å². The Morgan fingerprint density at radius 3 is 2.95 bits per heavy atom. The van der Waals surface area contributed by atoms with E-state index in [1.54, 1.807) is 17.9 Å². The fourth-order valence-electron chi connectivity index (χ4n) is 1.56. The van der Waals surface area contributed by atoms with E-state index in [0.29, 0.717) is 12.2 Å². The Morgan fingerprint density at radius 1 is 1.58 bits per heavy atom. The van der Waals surface area contributed by atoms with Crippen LogP contribution in [0.3, 0.4) is 0 Å². The third-order valence-corrected chi connectivity index (χ3v) is 2.59. The fourth-order valence-corrected chi connectivity index (χ4v) is 1.56. The first kappa shape index (κ1) is 12.5. The lowest BCUT2D eigenvalue weighted by atomic mass is 10.2. The minimum atomic E-state index is -0.523. The monoisotopic (exact) mass is 258 g/mol. The van der Waals surface area contributed by atoms with Crippen LogP contribution in [-0.2, 0) is 13.6 Å². The van der Waals surface area contributed by atoms with Gasteiger partial charge in [-0.2, -0.15) is 5.26 Å². The summed E-state index contributed by atoms with van der Waals surface area (Å²) in [6, 6.07) is 6.15. The second-order valence-corrected chi connectivity index (χ2v) is 3.80. The Balaban J connectivity index is 2.23. The van der Waals surface area contributed by atoms with Gasteiger partial charge in [0.05, 0.1) is 35.0 Å². The Labute approximate surface area is 108 Å². The van der Waals surface area contributed by atoms with Gasteiger partial charge in [0.15, 0.2) is 0 Å². The number of nitrogens with one attached hydrogen (secondary N) is 1. The van der Waals surface area contributed by atoms with Gasteiger partial charge in [0.1, 0.15) is 5.69 Å². The minimum Gasteiger partial charge on any atom is -0.374 e. The molecular formula is C11H10N6O2. The molecule has 0 aliphatic rings. The van der Waals surface area contributed by atoms with E-state index in [9.17, 15) is 10.1 Å². The van der Waals surface area contributed by atoms with Crippen LogP contribution in [-0.4, -0.2) is 19.9 Å². The lowest BCUT2D eigenvalue weighted by molar-refractivity contribution is -0.384. The topological polar surface area (TPSA) is 110 Å². The first-order chi connectivity index (χ1) is 9.11. The predicted molar refractivity (Wildman–Crippen MR) is 66.1 cm³/mol. The van der Waals surface area contributed by atoms with Crippen molar-refractivity contribution in [3.8, 4) is 6.07 Å². The van der Waals surface area contributed by atoms with Crippen LogP contribution in [0.5, 0.6) is 0 Å². The molecule has 0 saturated heterocycles. The highest BCUT2D eigenvalue weighted by Gasteiger charge is 2.14. The average Bonchev–Trinajstić information content (AvgIpc) is 2.81. The zero-order chi connectivity index (χ0) is 13.8. The number of aryl methyl sites for hydroxylation is 1. The van der Waals surface area contributed by atoms with Crippen molar-refractivity contribution < 1.29 is 4.92 Å². The van der Waals surface area contributed by atoms with Crippen molar-refractivity contribution in [3.05, 3.63) is 45.8 Å².